The summed E-state index contributed by atoms with van der Waals surface area (Å²) in [6.45, 7) is 6.34. The summed E-state index contributed by atoms with van der Waals surface area (Å²) in [4.78, 5) is 38.0. The molecule has 0 aromatic rings. The number of hydrogen-bond acceptors (Lipinski definition) is 6. The van der Waals surface area contributed by atoms with Gasteiger partial charge in [-0.05, 0) is 83.5 Å². The zero-order valence-corrected chi connectivity index (χ0v) is 42.1. The van der Waals surface area contributed by atoms with Gasteiger partial charge in [-0.2, -0.15) is 0 Å². The Morgan fingerprint density at radius 1 is 0.333 bits per heavy atom. The Morgan fingerprint density at radius 2 is 0.682 bits per heavy atom. The van der Waals surface area contributed by atoms with Crippen LogP contribution >= 0.6 is 0 Å². The molecule has 0 saturated carbocycles. The predicted octanol–water partition coefficient (Wildman–Crippen LogP) is 17.5. The van der Waals surface area contributed by atoms with Crippen molar-refractivity contribution in [2.45, 2.75) is 213 Å². The highest BCUT2D eigenvalue weighted by Gasteiger charge is 2.19. The predicted molar refractivity (Wildman–Crippen MR) is 283 cm³/mol. The largest absolute Gasteiger partial charge is 0.462 e. The highest BCUT2D eigenvalue weighted by Crippen LogP contribution is 2.12. The zero-order chi connectivity index (χ0) is 47.9. The molecule has 0 aromatic carbocycles. The van der Waals surface area contributed by atoms with Gasteiger partial charge in [0.2, 0.25) is 0 Å². The zero-order valence-electron chi connectivity index (χ0n) is 42.1. The lowest BCUT2D eigenvalue weighted by atomic mass is 10.1. The van der Waals surface area contributed by atoms with E-state index in [9.17, 15) is 14.4 Å². The van der Waals surface area contributed by atoms with Crippen molar-refractivity contribution in [3.8, 4) is 0 Å². The van der Waals surface area contributed by atoms with E-state index in [1.54, 1.807) is 0 Å². The Hall–Kier alpha value is -4.45. The Balaban J connectivity index is 4.62. The van der Waals surface area contributed by atoms with Crippen LogP contribution in [0.25, 0.3) is 0 Å². The minimum absolute atomic E-state index is 0.135. The van der Waals surface area contributed by atoms with E-state index in [0.717, 1.165) is 64.2 Å². The van der Waals surface area contributed by atoms with Gasteiger partial charge in [-0.15, -0.1) is 0 Å². The normalized spacial score (nSPS) is 13.2. The van der Waals surface area contributed by atoms with Gasteiger partial charge in [0.05, 0.1) is 0 Å². The Morgan fingerprint density at radius 3 is 1.15 bits per heavy atom. The van der Waals surface area contributed by atoms with E-state index in [0.29, 0.717) is 19.3 Å². The third-order valence-corrected chi connectivity index (χ3v) is 10.6. The van der Waals surface area contributed by atoms with Gasteiger partial charge < -0.3 is 14.2 Å². The molecule has 0 aliphatic carbocycles. The van der Waals surface area contributed by atoms with E-state index in [1.165, 1.54) is 83.5 Å². The first kappa shape index (κ1) is 61.5. The van der Waals surface area contributed by atoms with Gasteiger partial charge in [-0.1, -0.05) is 238 Å². The summed E-state index contributed by atoms with van der Waals surface area (Å²) < 4.78 is 16.7. The summed E-state index contributed by atoms with van der Waals surface area (Å²) in [7, 11) is 0. The van der Waals surface area contributed by atoms with Gasteiger partial charge in [0.15, 0.2) is 6.10 Å². The van der Waals surface area contributed by atoms with Gasteiger partial charge >= 0.3 is 17.9 Å². The number of carbonyl (C=O) groups is 3. The monoisotopic (exact) mass is 911 g/mol. The van der Waals surface area contributed by atoms with Crippen molar-refractivity contribution in [1.29, 1.82) is 0 Å². The SMILES string of the molecule is CC/C=C/C=C/C=C/C=C/C=C/C=C/C=C/CCCCCC(=O)OCC(COC(=O)CC/C=C/C/C=C/CCCCCCCC)OC(=O)CCCCC/C=C/C=C/CCCCCCCCC. The molecule has 0 heterocycles. The van der Waals surface area contributed by atoms with Crippen LogP contribution in [0.15, 0.2) is 134 Å². The minimum Gasteiger partial charge on any atom is -0.462 e. The average Bonchev–Trinajstić information content (AvgIpc) is 3.31. The molecule has 0 radical (unpaired) electrons. The fraction of sp³-hybridized carbons (Fsp3) is 0.583. The second-order valence-electron chi connectivity index (χ2n) is 16.9. The number of unbranched alkanes of at least 4 members (excludes halogenated alkanes) is 19. The van der Waals surface area contributed by atoms with Crippen LogP contribution < -0.4 is 0 Å². The molecule has 6 nitrogen and oxygen atoms in total. The Bertz CT molecular complexity index is 1460. The van der Waals surface area contributed by atoms with Crippen LogP contribution in [0.5, 0.6) is 0 Å². The molecule has 0 amide bonds. The Kier molecular flexibility index (Phi) is 49.6. The van der Waals surface area contributed by atoms with Crippen molar-refractivity contribution < 1.29 is 28.6 Å². The molecule has 0 aromatic heterocycles. The van der Waals surface area contributed by atoms with E-state index >= 15 is 0 Å². The van der Waals surface area contributed by atoms with Crippen LogP contribution in [-0.2, 0) is 28.6 Å². The quantitative estimate of drug-likeness (QED) is 0.0199. The third-order valence-electron chi connectivity index (χ3n) is 10.6. The van der Waals surface area contributed by atoms with Gasteiger partial charge in [-0.25, -0.2) is 0 Å². The van der Waals surface area contributed by atoms with Crippen molar-refractivity contribution >= 4 is 17.9 Å². The van der Waals surface area contributed by atoms with E-state index in [4.69, 9.17) is 14.2 Å². The maximum absolute atomic E-state index is 12.8. The molecule has 1 atom stereocenters. The van der Waals surface area contributed by atoms with Gasteiger partial charge in [0, 0.05) is 19.3 Å². The molecule has 0 aliphatic rings. The maximum Gasteiger partial charge on any atom is 0.306 e. The smallest absolute Gasteiger partial charge is 0.306 e. The van der Waals surface area contributed by atoms with Crippen LogP contribution in [0.3, 0.4) is 0 Å². The van der Waals surface area contributed by atoms with E-state index in [1.807, 2.05) is 79.0 Å². The molecule has 66 heavy (non-hydrogen) atoms. The first-order valence-corrected chi connectivity index (χ1v) is 26.3. The van der Waals surface area contributed by atoms with Crippen molar-refractivity contribution in [3.63, 3.8) is 0 Å². The van der Waals surface area contributed by atoms with Crippen LogP contribution in [-0.4, -0.2) is 37.2 Å². The summed E-state index contributed by atoms with van der Waals surface area (Å²) in [6.07, 6.45) is 74.4. The van der Waals surface area contributed by atoms with Crippen molar-refractivity contribution in [3.05, 3.63) is 134 Å². The maximum atomic E-state index is 12.8. The molecule has 0 saturated heterocycles. The van der Waals surface area contributed by atoms with Gasteiger partial charge in [0.25, 0.3) is 0 Å². The van der Waals surface area contributed by atoms with Crippen LogP contribution in [0.1, 0.15) is 207 Å². The molecule has 6 heteroatoms. The second-order valence-corrected chi connectivity index (χ2v) is 16.9. The molecule has 0 fully saturated rings. The second kappa shape index (κ2) is 53.2. The molecule has 0 spiro atoms. The summed E-state index contributed by atoms with van der Waals surface area (Å²) >= 11 is 0. The summed E-state index contributed by atoms with van der Waals surface area (Å²) in [5, 5.41) is 0. The van der Waals surface area contributed by atoms with Gasteiger partial charge in [0.1, 0.15) is 13.2 Å². The van der Waals surface area contributed by atoms with Crippen molar-refractivity contribution in [2.24, 2.45) is 0 Å². The topological polar surface area (TPSA) is 78.9 Å². The number of carbonyl (C=O) groups excluding carboxylic acids is 3. The number of rotatable bonds is 45. The molecule has 0 N–H and O–H groups in total. The summed E-state index contributed by atoms with van der Waals surface area (Å²) in [5.74, 6) is -1.08. The molecular weight excluding hydrogens is 817 g/mol. The van der Waals surface area contributed by atoms with Crippen molar-refractivity contribution in [2.75, 3.05) is 13.2 Å². The lowest BCUT2D eigenvalue weighted by Gasteiger charge is -2.18. The highest BCUT2D eigenvalue weighted by molar-refractivity contribution is 5.71. The highest BCUT2D eigenvalue weighted by atomic mass is 16.6. The fourth-order valence-electron chi connectivity index (χ4n) is 6.64. The van der Waals surface area contributed by atoms with Crippen molar-refractivity contribution in [1.82, 2.24) is 0 Å². The number of hydrogen-bond donors (Lipinski definition) is 0. The fourth-order valence-corrected chi connectivity index (χ4v) is 6.64. The standard InChI is InChI=1S/C60H94O6/c1-4-7-10-13-16-19-22-25-27-29-30-31-33-35-38-41-44-47-50-53-59(62)65-56-57(55-64-58(61)52-49-46-43-40-37-34-24-21-18-15-12-9-6-3)66-60(63)54-51-48-45-42-39-36-32-28-26-23-20-17-14-11-8-5-2/h7,10,13,16,19,22,25,27-39,43,46,57H,4-6,8-9,11-12,14-15,17-18,20-21,23-24,26,40-42,44-45,47-56H2,1-3H3/b10-7+,16-13+,22-19+,27-25+,30-29+,32-28+,33-31+,37-34+,38-35+,39-36+,46-43+. The Labute approximate surface area is 405 Å². The molecule has 1 unspecified atom stereocenters. The van der Waals surface area contributed by atoms with Gasteiger partial charge in [-0.3, -0.25) is 14.4 Å². The number of esters is 3. The number of allylic oxidation sites excluding steroid dienone is 22. The lowest BCUT2D eigenvalue weighted by Crippen LogP contribution is -2.30. The van der Waals surface area contributed by atoms with Crippen LogP contribution in [0.2, 0.25) is 0 Å². The van der Waals surface area contributed by atoms with Crippen LogP contribution in [0.4, 0.5) is 0 Å². The minimum atomic E-state index is -0.838. The third kappa shape index (κ3) is 50.5. The summed E-state index contributed by atoms with van der Waals surface area (Å²) in [6, 6.07) is 0. The summed E-state index contributed by atoms with van der Waals surface area (Å²) in [5.41, 5.74) is 0. The van der Waals surface area contributed by atoms with E-state index < -0.39 is 6.10 Å². The molecule has 370 valence electrons. The van der Waals surface area contributed by atoms with E-state index in [-0.39, 0.29) is 50.4 Å². The first-order chi connectivity index (χ1) is 32.5. The van der Waals surface area contributed by atoms with Crippen LogP contribution in [0, 0.1) is 0 Å². The molecule has 0 aliphatic heterocycles. The lowest BCUT2D eigenvalue weighted by molar-refractivity contribution is -0.166. The molecule has 0 rings (SSSR count). The number of ether oxygens (including phenoxy) is 3. The molecule has 0 bridgehead atoms. The van der Waals surface area contributed by atoms with E-state index in [2.05, 4.69) is 75.5 Å². The molecular formula is C60H94O6. The average molecular weight is 911 g/mol. The first-order valence-electron chi connectivity index (χ1n) is 26.3.